The molecule has 6 rings (SSSR count). The normalized spacial score (nSPS) is 15.0. The van der Waals surface area contributed by atoms with Crippen molar-refractivity contribution in [1.82, 2.24) is 0 Å². The highest BCUT2D eigenvalue weighted by atomic mass is 79.9. The zero-order valence-electron chi connectivity index (χ0n) is 27.1. The van der Waals surface area contributed by atoms with E-state index in [0.29, 0.717) is 0 Å². The quantitative estimate of drug-likeness (QED) is 0.121. The van der Waals surface area contributed by atoms with Crippen molar-refractivity contribution in [1.29, 1.82) is 0 Å². The van der Waals surface area contributed by atoms with Gasteiger partial charge in [-0.3, -0.25) is 0 Å². The molecule has 3 heteroatoms. The molecule has 1 N–H and O–H groups in total. The Balaban J connectivity index is 1.45. The average Bonchev–Trinajstić information content (AvgIpc) is 3.46. The fourth-order valence-electron chi connectivity index (χ4n) is 8.32. The average molecular weight is 729 g/mol. The monoisotopic (exact) mass is 726 g/mol. The third-order valence-electron chi connectivity index (χ3n) is 10.6. The zero-order valence-corrected chi connectivity index (χ0v) is 30.3. The molecule has 0 bridgehead atoms. The van der Waals surface area contributed by atoms with Gasteiger partial charge in [-0.2, -0.15) is 0 Å². The number of hydrogen-bond donors (Lipinski definition) is 1. The molecule has 0 heterocycles. The molecule has 0 saturated heterocycles. The van der Waals surface area contributed by atoms with Gasteiger partial charge in [-0.05, 0) is 76.1 Å². The summed E-state index contributed by atoms with van der Waals surface area (Å²) < 4.78 is 1.97. The summed E-state index contributed by atoms with van der Waals surface area (Å²) in [5, 5.41) is 13.0. The van der Waals surface area contributed by atoms with Crippen molar-refractivity contribution >= 4 is 31.9 Å². The molecule has 0 unspecified atom stereocenters. The van der Waals surface area contributed by atoms with Gasteiger partial charge in [-0.15, -0.1) is 0 Å². The molecule has 1 nitrogen and oxygen atoms in total. The molecule has 45 heavy (non-hydrogen) atoms. The second-order valence-corrected chi connectivity index (χ2v) is 15.3. The first kappa shape index (κ1) is 32.7. The van der Waals surface area contributed by atoms with Gasteiger partial charge >= 0.3 is 0 Å². The minimum atomic E-state index is -1.23. The lowest BCUT2D eigenvalue weighted by Crippen LogP contribution is -2.29. The molecule has 0 amide bonds. The molecule has 236 valence electrons. The van der Waals surface area contributed by atoms with Crippen molar-refractivity contribution < 1.29 is 5.11 Å². The van der Waals surface area contributed by atoms with E-state index in [1.165, 1.54) is 112 Å². The van der Waals surface area contributed by atoms with Crippen molar-refractivity contribution in [3.8, 4) is 22.3 Å². The van der Waals surface area contributed by atoms with Crippen LogP contribution in [0.1, 0.15) is 132 Å². The van der Waals surface area contributed by atoms with E-state index in [0.717, 1.165) is 36.8 Å². The Kier molecular flexibility index (Phi) is 10.4. The zero-order chi connectivity index (χ0) is 31.4. The van der Waals surface area contributed by atoms with Gasteiger partial charge in [0.25, 0.3) is 0 Å². The van der Waals surface area contributed by atoms with E-state index >= 15 is 0 Å². The van der Waals surface area contributed by atoms with Gasteiger partial charge in [0.1, 0.15) is 5.60 Å². The first-order valence-electron chi connectivity index (χ1n) is 17.5. The number of benzene rings is 4. The lowest BCUT2D eigenvalue weighted by atomic mass is 9.69. The predicted molar refractivity (Wildman–Crippen MR) is 198 cm³/mol. The van der Waals surface area contributed by atoms with Gasteiger partial charge in [0, 0.05) is 25.5 Å². The second-order valence-electron chi connectivity index (χ2n) is 13.5. The van der Waals surface area contributed by atoms with Gasteiger partial charge < -0.3 is 5.11 Å². The second kappa shape index (κ2) is 14.3. The van der Waals surface area contributed by atoms with Gasteiger partial charge in [0.15, 0.2) is 0 Å². The summed E-state index contributed by atoms with van der Waals surface area (Å²) in [5.41, 5.74) is 9.53. The van der Waals surface area contributed by atoms with Crippen molar-refractivity contribution in [2.45, 2.75) is 115 Å². The van der Waals surface area contributed by atoms with E-state index in [1.807, 2.05) is 0 Å². The molecule has 2 aliphatic rings. The Bertz CT molecular complexity index is 1570. The summed E-state index contributed by atoms with van der Waals surface area (Å²) in [6.07, 6.45) is 18.0. The third kappa shape index (κ3) is 6.15. The van der Waals surface area contributed by atoms with Gasteiger partial charge in [0.2, 0.25) is 0 Å². The Labute approximate surface area is 288 Å². The molecule has 0 radical (unpaired) electrons. The number of unbranched alkanes of at least 4 members (excludes halogenated alkanes) is 10. The third-order valence-corrected chi connectivity index (χ3v) is 11.6. The summed E-state index contributed by atoms with van der Waals surface area (Å²) in [7, 11) is 0. The minimum absolute atomic E-state index is 0.0212. The fourth-order valence-corrected chi connectivity index (χ4v) is 9.04. The number of fused-ring (bicyclic) bond motifs is 6. The number of hydrogen-bond acceptors (Lipinski definition) is 1. The summed E-state index contributed by atoms with van der Waals surface area (Å²) >= 11 is 7.43. The Morgan fingerprint density at radius 2 is 0.956 bits per heavy atom. The van der Waals surface area contributed by atoms with Crippen molar-refractivity contribution in [2.75, 3.05) is 0 Å². The lowest BCUT2D eigenvalue weighted by Gasteiger charge is -2.34. The van der Waals surface area contributed by atoms with Crippen molar-refractivity contribution in [3.63, 3.8) is 0 Å². The number of aliphatic hydroxyl groups is 1. The van der Waals surface area contributed by atoms with Gasteiger partial charge in [-0.25, -0.2) is 0 Å². The van der Waals surface area contributed by atoms with Crippen LogP contribution in [0.25, 0.3) is 22.3 Å². The summed E-state index contributed by atoms with van der Waals surface area (Å²) in [4.78, 5) is 0. The molecule has 0 fully saturated rings. The largest absolute Gasteiger partial charge is 0.376 e. The maximum absolute atomic E-state index is 13.0. The van der Waals surface area contributed by atoms with Crippen molar-refractivity contribution in [2.24, 2.45) is 0 Å². The fraction of sp³-hybridized carbons (Fsp3) is 0.429. The number of rotatable bonds is 15. The Hall–Kier alpha value is -2.20. The van der Waals surface area contributed by atoms with E-state index < -0.39 is 5.60 Å². The standard InChI is InChI=1S/C42H48Br2O/c1-3-5-7-9-11-15-25-41(26-16-12-10-8-6-4-2)37-18-14-13-17-33(37)34-22-19-30(27-38(34)41)42(45)39-28-31(43)20-23-35(39)36-24-21-32(44)29-40(36)42/h13-14,17-24,27-29,45H,3-12,15-16,25-26H2,1-2H3. The van der Waals surface area contributed by atoms with E-state index in [4.69, 9.17) is 0 Å². The topological polar surface area (TPSA) is 20.2 Å². The molecular formula is C42H48Br2O. The highest BCUT2D eigenvalue weighted by molar-refractivity contribution is 9.10. The van der Waals surface area contributed by atoms with Crippen LogP contribution in [0.15, 0.2) is 87.8 Å². The van der Waals surface area contributed by atoms with Gasteiger partial charge in [0.05, 0.1) is 0 Å². The molecule has 0 atom stereocenters. The van der Waals surface area contributed by atoms with Crippen LogP contribution < -0.4 is 0 Å². The van der Waals surface area contributed by atoms with E-state index in [2.05, 4.69) is 125 Å². The molecule has 0 aromatic heterocycles. The minimum Gasteiger partial charge on any atom is -0.376 e. The summed E-state index contributed by atoms with van der Waals surface area (Å²) in [5.74, 6) is 0. The smallest absolute Gasteiger partial charge is 0.141 e. The van der Waals surface area contributed by atoms with Crippen LogP contribution in [-0.4, -0.2) is 5.11 Å². The highest BCUT2D eigenvalue weighted by Crippen LogP contribution is 2.57. The van der Waals surface area contributed by atoms with Crippen LogP contribution in [-0.2, 0) is 11.0 Å². The lowest BCUT2D eigenvalue weighted by molar-refractivity contribution is 0.130. The molecule has 0 spiro atoms. The number of halogens is 2. The molecule has 4 aromatic rings. The van der Waals surface area contributed by atoms with Crippen LogP contribution in [0.3, 0.4) is 0 Å². The van der Waals surface area contributed by atoms with E-state index in [-0.39, 0.29) is 5.41 Å². The summed E-state index contributed by atoms with van der Waals surface area (Å²) in [6.45, 7) is 4.60. The van der Waals surface area contributed by atoms with E-state index in [9.17, 15) is 5.11 Å². The molecule has 2 aliphatic carbocycles. The molecule has 4 aromatic carbocycles. The molecule has 0 aliphatic heterocycles. The maximum atomic E-state index is 13.0. The highest BCUT2D eigenvalue weighted by Gasteiger charge is 2.47. The van der Waals surface area contributed by atoms with E-state index in [1.54, 1.807) is 0 Å². The van der Waals surface area contributed by atoms with Crippen LogP contribution in [0.2, 0.25) is 0 Å². The Morgan fingerprint density at radius 3 is 1.53 bits per heavy atom. The first-order chi connectivity index (χ1) is 21.9. The van der Waals surface area contributed by atoms with Crippen LogP contribution in [0, 0.1) is 0 Å². The van der Waals surface area contributed by atoms with Crippen LogP contribution >= 0.6 is 31.9 Å². The predicted octanol–water partition coefficient (Wildman–Crippen LogP) is 13.2. The van der Waals surface area contributed by atoms with Gasteiger partial charge in [-0.1, -0.05) is 177 Å². The Morgan fingerprint density at radius 1 is 0.489 bits per heavy atom. The van der Waals surface area contributed by atoms with Crippen LogP contribution in [0.5, 0.6) is 0 Å². The maximum Gasteiger partial charge on any atom is 0.141 e. The van der Waals surface area contributed by atoms with Crippen molar-refractivity contribution in [3.05, 3.63) is 116 Å². The molecule has 0 saturated carbocycles. The SMILES string of the molecule is CCCCCCCCC1(CCCCCCCC)c2ccccc2-c2ccc(C3(O)c4cc(Br)ccc4-c4ccc(Br)cc43)cc21. The first-order valence-corrected chi connectivity index (χ1v) is 19.1. The van der Waals surface area contributed by atoms with Crippen LogP contribution in [0.4, 0.5) is 0 Å². The summed E-state index contributed by atoms with van der Waals surface area (Å²) in [6, 6.07) is 28.8. The molecular weight excluding hydrogens is 680 g/mol.